The normalized spacial score (nSPS) is 21.3. The summed E-state index contributed by atoms with van der Waals surface area (Å²) >= 11 is 0. The summed E-state index contributed by atoms with van der Waals surface area (Å²) in [5.74, 6) is 1.12. The smallest absolute Gasteiger partial charge is 0.335 e. The van der Waals surface area contributed by atoms with Gasteiger partial charge in [0, 0.05) is 5.56 Å². The Hall–Kier alpha value is -4.46. The molecule has 1 heterocycles. The zero-order chi connectivity index (χ0) is 30.1. The van der Waals surface area contributed by atoms with E-state index in [4.69, 9.17) is 0 Å². The number of carboxylic acids is 1. The number of amides is 1. The van der Waals surface area contributed by atoms with E-state index >= 15 is 0 Å². The molecule has 2 unspecified atom stereocenters. The summed E-state index contributed by atoms with van der Waals surface area (Å²) < 4.78 is 0. The van der Waals surface area contributed by atoms with Crippen molar-refractivity contribution in [3.05, 3.63) is 77.4 Å². The number of hydrogen-bond acceptors (Lipinski definition) is 6. The number of aryl methyl sites for hydroxylation is 1. The number of hydrogen-bond donors (Lipinski definition) is 3. The van der Waals surface area contributed by atoms with Gasteiger partial charge in [-0.15, -0.1) is 0 Å². The Bertz CT molecular complexity index is 1620. The van der Waals surface area contributed by atoms with Gasteiger partial charge in [0.05, 0.1) is 22.6 Å². The fourth-order valence-electron chi connectivity index (χ4n) is 6.73. The molecule has 6 rings (SSSR count). The Morgan fingerprint density at radius 3 is 2.53 bits per heavy atom. The molecule has 43 heavy (non-hydrogen) atoms. The molecule has 3 aromatic rings. The highest BCUT2D eigenvalue weighted by molar-refractivity contribution is 6.71. The first kappa shape index (κ1) is 28.6. The van der Waals surface area contributed by atoms with Crippen LogP contribution in [0.5, 0.6) is 5.75 Å². The van der Waals surface area contributed by atoms with Crippen LogP contribution in [-0.2, 0) is 11.2 Å². The molecule has 2 fully saturated rings. The molecule has 8 heteroatoms. The Labute approximate surface area is 252 Å². The van der Waals surface area contributed by atoms with Gasteiger partial charge in [-0.2, -0.15) is 15.2 Å². The number of rotatable bonds is 9. The van der Waals surface area contributed by atoms with E-state index in [-0.39, 0.29) is 28.6 Å². The summed E-state index contributed by atoms with van der Waals surface area (Å²) in [5, 5.41) is 30.4. The predicted octanol–water partition coefficient (Wildman–Crippen LogP) is 7.41. The molecule has 8 nitrogen and oxygen atoms in total. The molecule has 0 spiro atoms. The second kappa shape index (κ2) is 12.0. The van der Waals surface area contributed by atoms with Crippen LogP contribution in [0.2, 0.25) is 0 Å². The van der Waals surface area contributed by atoms with E-state index in [9.17, 15) is 19.8 Å². The SMILES string of the molecule is CC1=NN(c2ccc(CC3CCC(CC4CCC4)C3)c(C)c2)C(=O)/C1=N/Nc1cccc(-c2cccc(C(=O)O)c2)c1O. The molecule has 0 radical (unpaired) electrons. The molecule has 2 atom stereocenters. The minimum absolute atomic E-state index is 0.103. The molecule has 3 aromatic carbocycles. The summed E-state index contributed by atoms with van der Waals surface area (Å²) in [6.07, 6.45) is 10.8. The molecule has 0 aromatic heterocycles. The highest BCUT2D eigenvalue weighted by Crippen LogP contribution is 2.42. The van der Waals surface area contributed by atoms with Crippen molar-refractivity contribution in [2.24, 2.45) is 28.0 Å². The summed E-state index contributed by atoms with van der Waals surface area (Å²) in [4.78, 5) is 24.8. The number of phenols is 1. The number of benzene rings is 3. The van der Waals surface area contributed by atoms with Gasteiger partial charge >= 0.3 is 11.9 Å². The van der Waals surface area contributed by atoms with Crippen LogP contribution < -0.4 is 10.4 Å². The number of hydrazone groups is 2. The lowest BCUT2D eigenvalue weighted by atomic mass is 9.78. The van der Waals surface area contributed by atoms with Gasteiger partial charge < -0.3 is 10.2 Å². The van der Waals surface area contributed by atoms with Gasteiger partial charge in [0.15, 0.2) is 5.71 Å². The molecule has 2 saturated carbocycles. The van der Waals surface area contributed by atoms with E-state index < -0.39 is 5.97 Å². The van der Waals surface area contributed by atoms with Crippen LogP contribution in [0.4, 0.5) is 11.4 Å². The summed E-state index contributed by atoms with van der Waals surface area (Å²) in [6, 6.07) is 17.5. The maximum absolute atomic E-state index is 13.4. The van der Waals surface area contributed by atoms with Crippen LogP contribution in [0.3, 0.4) is 0 Å². The zero-order valence-corrected chi connectivity index (χ0v) is 24.7. The van der Waals surface area contributed by atoms with E-state index in [1.54, 1.807) is 37.3 Å². The van der Waals surface area contributed by atoms with E-state index in [0.717, 1.165) is 29.7 Å². The fourth-order valence-corrected chi connectivity index (χ4v) is 6.73. The highest BCUT2D eigenvalue weighted by Gasteiger charge is 2.32. The maximum Gasteiger partial charge on any atom is 0.335 e. The molecular formula is C35H38N4O4. The number of carbonyl (C=O) groups is 2. The van der Waals surface area contributed by atoms with Gasteiger partial charge in [0.2, 0.25) is 0 Å². The second-order valence-corrected chi connectivity index (χ2v) is 12.4. The highest BCUT2D eigenvalue weighted by atomic mass is 16.4. The number of carbonyl (C=O) groups excluding carboxylic acids is 1. The predicted molar refractivity (Wildman–Crippen MR) is 170 cm³/mol. The topological polar surface area (TPSA) is 115 Å². The third-order valence-electron chi connectivity index (χ3n) is 9.35. The van der Waals surface area contributed by atoms with Gasteiger partial charge in [0.25, 0.3) is 0 Å². The van der Waals surface area contributed by atoms with E-state index in [1.807, 2.05) is 12.1 Å². The lowest BCUT2D eigenvalue weighted by Gasteiger charge is -2.28. The van der Waals surface area contributed by atoms with Gasteiger partial charge in [-0.3, -0.25) is 10.2 Å². The quantitative estimate of drug-likeness (QED) is 0.181. The lowest BCUT2D eigenvalue weighted by Crippen LogP contribution is -2.28. The summed E-state index contributed by atoms with van der Waals surface area (Å²) in [7, 11) is 0. The number of aromatic hydroxyl groups is 1. The number of nitrogens with one attached hydrogen (secondary N) is 1. The molecule has 0 saturated heterocycles. The largest absolute Gasteiger partial charge is 0.505 e. The van der Waals surface area contributed by atoms with Crippen molar-refractivity contribution in [3.63, 3.8) is 0 Å². The average molecular weight is 579 g/mol. The first-order valence-corrected chi connectivity index (χ1v) is 15.3. The third kappa shape index (κ3) is 6.05. The van der Waals surface area contributed by atoms with Crippen molar-refractivity contribution >= 4 is 34.7 Å². The Morgan fingerprint density at radius 1 is 1.00 bits per heavy atom. The molecule has 2 aliphatic carbocycles. The van der Waals surface area contributed by atoms with Crippen LogP contribution in [-0.4, -0.2) is 33.5 Å². The summed E-state index contributed by atoms with van der Waals surface area (Å²) in [5.41, 5.74) is 8.04. The van der Waals surface area contributed by atoms with E-state index in [2.05, 4.69) is 28.6 Å². The van der Waals surface area contributed by atoms with Crippen LogP contribution in [0.25, 0.3) is 11.1 Å². The van der Waals surface area contributed by atoms with Crippen molar-refractivity contribution in [1.29, 1.82) is 0 Å². The van der Waals surface area contributed by atoms with Gasteiger partial charge in [0.1, 0.15) is 5.75 Å². The Morgan fingerprint density at radius 2 is 1.79 bits per heavy atom. The fraction of sp³-hybridized carbons (Fsp3) is 0.371. The lowest BCUT2D eigenvalue weighted by molar-refractivity contribution is -0.112. The first-order valence-electron chi connectivity index (χ1n) is 15.3. The minimum Gasteiger partial charge on any atom is -0.505 e. The molecule has 222 valence electrons. The second-order valence-electron chi connectivity index (χ2n) is 12.4. The van der Waals surface area contributed by atoms with Crippen molar-refractivity contribution in [2.75, 3.05) is 10.4 Å². The average Bonchev–Trinajstić information content (AvgIpc) is 3.54. The number of phenolic OH excluding ortho intramolecular Hbond substituents is 1. The van der Waals surface area contributed by atoms with Crippen LogP contribution in [0.15, 0.2) is 70.9 Å². The number of carboxylic acid groups (broad SMARTS) is 1. The number of para-hydroxylation sites is 1. The molecule has 1 amide bonds. The van der Waals surface area contributed by atoms with Crippen LogP contribution >= 0.6 is 0 Å². The van der Waals surface area contributed by atoms with Crippen LogP contribution in [0.1, 0.15) is 73.4 Å². The van der Waals surface area contributed by atoms with E-state index in [1.165, 1.54) is 67.7 Å². The number of aromatic carboxylic acids is 1. The Kier molecular flexibility index (Phi) is 8.02. The molecule has 1 aliphatic heterocycles. The van der Waals surface area contributed by atoms with Crippen molar-refractivity contribution < 1.29 is 19.8 Å². The maximum atomic E-state index is 13.4. The zero-order valence-electron chi connectivity index (χ0n) is 24.7. The molecular weight excluding hydrogens is 540 g/mol. The van der Waals surface area contributed by atoms with Crippen molar-refractivity contribution in [1.82, 2.24) is 0 Å². The molecule has 0 bridgehead atoms. The monoisotopic (exact) mass is 578 g/mol. The van der Waals surface area contributed by atoms with Gasteiger partial charge in [-0.25, -0.2) is 4.79 Å². The molecule has 3 aliphatic rings. The van der Waals surface area contributed by atoms with Crippen molar-refractivity contribution in [3.8, 4) is 16.9 Å². The summed E-state index contributed by atoms with van der Waals surface area (Å²) in [6.45, 7) is 3.84. The minimum atomic E-state index is -1.05. The first-order chi connectivity index (χ1) is 20.8. The Balaban J connectivity index is 1.13. The van der Waals surface area contributed by atoms with E-state index in [0.29, 0.717) is 22.5 Å². The number of anilines is 2. The van der Waals surface area contributed by atoms with Gasteiger partial charge in [-0.1, -0.05) is 56.0 Å². The van der Waals surface area contributed by atoms with Crippen LogP contribution in [0, 0.1) is 24.7 Å². The van der Waals surface area contributed by atoms with Crippen molar-refractivity contribution in [2.45, 2.75) is 65.2 Å². The standard InChI is InChI=1S/C35H38N4O4/c1-21-16-29(15-14-26(21)19-25-13-12-24(18-25)17-23-6-3-7-23)39-34(41)32(22(2)38-39)37-36-31-11-5-10-30(33(31)40)27-8-4-9-28(20-27)35(42)43/h4-5,8-11,14-16,20,23-25,36,40H,3,6-7,12-13,17-19H2,1-2H3,(H,42,43)/b37-32+. The molecule has 3 N–H and O–H groups in total. The third-order valence-corrected chi connectivity index (χ3v) is 9.35. The van der Waals surface area contributed by atoms with Gasteiger partial charge in [-0.05, 0) is 104 Å². The number of nitrogens with zero attached hydrogens (tertiary/aromatic N) is 3.